The maximum Gasteiger partial charge on any atom is 0.361 e. The van der Waals surface area contributed by atoms with Gasteiger partial charge in [-0.15, -0.1) is 0 Å². The standard InChI is InChI=1S/C25H50O6/c1-3-5-6-7-8-9-10-11-12-13-14-15-16-17-18-19-30-25(24(26)27)31-23-22-29-21-20-28-4-2/h25H,3-23H2,1-2H3,(H,26,27). The van der Waals surface area contributed by atoms with E-state index in [-0.39, 0.29) is 6.61 Å². The van der Waals surface area contributed by atoms with Crippen LogP contribution < -0.4 is 0 Å². The molecule has 0 spiro atoms. The number of ether oxygens (including phenoxy) is 4. The van der Waals surface area contributed by atoms with E-state index in [1.165, 1.54) is 83.5 Å². The molecule has 0 bridgehead atoms. The quantitative estimate of drug-likeness (QED) is 0.123. The minimum Gasteiger partial charge on any atom is -0.477 e. The van der Waals surface area contributed by atoms with Gasteiger partial charge < -0.3 is 24.1 Å². The van der Waals surface area contributed by atoms with Crippen molar-refractivity contribution in [1.82, 2.24) is 0 Å². The number of unbranched alkanes of at least 4 members (excludes halogenated alkanes) is 14. The SMILES string of the molecule is CCCCCCCCCCCCCCCCCOC(OCCOCCOCC)C(=O)O. The lowest BCUT2D eigenvalue weighted by atomic mass is 10.0. The number of hydrogen-bond donors (Lipinski definition) is 1. The molecule has 1 unspecified atom stereocenters. The number of carboxylic acid groups (broad SMARTS) is 1. The van der Waals surface area contributed by atoms with Gasteiger partial charge in [0.1, 0.15) is 0 Å². The van der Waals surface area contributed by atoms with Crippen molar-refractivity contribution >= 4 is 5.97 Å². The Labute approximate surface area is 191 Å². The summed E-state index contributed by atoms with van der Waals surface area (Å²) in [5.41, 5.74) is 0. The molecule has 1 atom stereocenters. The molecule has 0 fully saturated rings. The van der Waals surface area contributed by atoms with Crippen LogP contribution >= 0.6 is 0 Å². The molecule has 6 nitrogen and oxygen atoms in total. The van der Waals surface area contributed by atoms with E-state index in [9.17, 15) is 4.79 Å². The molecule has 1 N–H and O–H groups in total. The molecule has 0 aliphatic rings. The smallest absolute Gasteiger partial charge is 0.361 e. The van der Waals surface area contributed by atoms with E-state index in [2.05, 4.69) is 6.92 Å². The summed E-state index contributed by atoms with van der Waals surface area (Å²) < 4.78 is 21.1. The van der Waals surface area contributed by atoms with Gasteiger partial charge in [-0.3, -0.25) is 0 Å². The molecule has 31 heavy (non-hydrogen) atoms. The summed E-state index contributed by atoms with van der Waals surface area (Å²) in [6.45, 7) is 6.82. The van der Waals surface area contributed by atoms with Crippen LogP contribution in [0.2, 0.25) is 0 Å². The molecule has 0 heterocycles. The Balaban J connectivity index is 3.36. The van der Waals surface area contributed by atoms with Crippen LogP contribution in [0.5, 0.6) is 0 Å². The summed E-state index contributed by atoms with van der Waals surface area (Å²) in [6, 6.07) is 0. The van der Waals surface area contributed by atoms with Gasteiger partial charge in [0.15, 0.2) is 0 Å². The minimum atomic E-state index is -1.21. The zero-order chi connectivity index (χ0) is 22.8. The van der Waals surface area contributed by atoms with Crippen molar-refractivity contribution in [2.24, 2.45) is 0 Å². The van der Waals surface area contributed by atoms with Gasteiger partial charge in [-0.25, -0.2) is 4.79 Å². The fourth-order valence-electron chi connectivity index (χ4n) is 3.43. The average molecular weight is 447 g/mol. The largest absolute Gasteiger partial charge is 0.477 e. The van der Waals surface area contributed by atoms with Gasteiger partial charge in [-0.1, -0.05) is 96.8 Å². The van der Waals surface area contributed by atoms with Gasteiger partial charge in [0.25, 0.3) is 6.29 Å². The maximum atomic E-state index is 11.2. The normalized spacial score (nSPS) is 12.3. The summed E-state index contributed by atoms with van der Waals surface area (Å²) in [7, 11) is 0. The van der Waals surface area contributed by atoms with Crippen LogP contribution in [0.15, 0.2) is 0 Å². The zero-order valence-corrected chi connectivity index (χ0v) is 20.4. The van der Waals surface area contributed by atoms with Gasteiger partial charge in [0.2, 0.25) is 0 Å². The third-order valence-electron chi connectivity index (χ3n) is 5.29. The number of carbonyl (C=O) groups is 1. The second-order valence-corrected chi connectivity index (χ2v) is 8.17. The van der Waals surface area contributed by atoms with E-state index in [1.54, 1.807) is 0 Å². The molecule has 0 aromatic rings. The van der Waals surface area contributed by atoms with Gasteiger partial charge in [-0.05, 0) is 13.3 Å². The Bertz CT molecular complexity index is 364. The highest BCUT2D eigenvalue weighted by atomic mass is 16.7. The van der Waals surface area contributed by atoms with Gasteiger partial charge >= 0.3 is 5.97 Å². The second kappa shape index (κ2) is 25.6. The molecule has 0 saturated heterocycles. The van der Waals surface area contributed by atoms with E-state index in [1.807, 2.05) is 6.92 Å². The monoisotopic (exact) mass is 446 g/mol. The average Bonchev–Trinajstić information content (AvgIpc) is 2.76. The molecule has 0 aliphatic carbocycles. The van der Waals surface area contributed by atoms with Crippen LogP contribution in [0.1, 0.15) is 110 Å². The third-order valence-corrected chi connectivity index (χ3v) is 5.29. The van der Waals surface area contributed by atoms with Crippen LogP contribution in [-0.4, -0.2) is 57.0 Å². The highest BCUT2D eigenvalue weighted by Crippen LogP contribution is 2.13. The first-order chi connectivity index (χ1) is 15.2. The Morgan fingerprint density at radius 1 is 0.581 bits per heavy atom. The molecule has 0 rings (SSSR count). The van der Waals surface area contributed by atoms with Crippen molar-refractivity contribution < 1.29 is 28.8 Å². The van der Waals surface area contributed by atoms with Gasteiger partial charge in [-0.2, -0.15) is 0 Å². The molecule has 0 saturated carbocycles. The number of rotatable bonds is 26. The van der Waals surface area contributed by atoms with Crippen molar-refractivity contribution in [3.05, 3.63) is 0 Å². The Hall–Kier alpha value is -0.690. The molecule has 0 aromatic carbocycles. The fourth-order valence-corrected chi connectivity index (χ4v) is 3.43. The predicted molar refractivity (Wildman–Crippen MR) is 126 cm³/mol. The van der Waals surface area contributed by atoms with Crippen LogP contribution in [0, 0.1) is 0 Å². The van der Waals surface area contributed by atoms with E-state index in [0.717, 1.165) is 12.8 Å². The van der Waals surface area contributed by atoms with E-state index in [4.69, 9.17) is 24.1 Å². The molecular formula is C25H50O6. The first-order valence-electron chi connectivity index (χ1n) is 12.8. The summed E-state index contributed by atoms with van der Waals surface area (Å²) in [5.74, 6) is -1.09. The topological polar surface area (TPSA) is 74.2 Å². The Morgan fingerprint density at radius 3 is 1.48 bits per heavy atom. The van der Waals surface area contributed by atoms with E-state index >= 15 is 0 Å². The van der Waals surface area contributed by atoms with Crippen LogP contribution in [0.3, 0.4) is 0 Å². The lowest BCUT2D eigenvalue weighted by Crippen LogP contribution is -2.29. The highest BCUT2D eigenvalue weighted by molar-refractivity contribution is 5.70. The fraction of sp³-hybridized carbons (Fsp3) is 0.960. The molecule has 0 amide bonds. The lowest BCUT2D eigenvalue weighted by molar-refractivity contribution is -0.192. The number of hydrogen-bond acceptors (Lipinski definition) is 5. The minimum absolute atomic E-state index is 0.196. The molecule has 186 valence electrons. The molecular weight excluding hydrogens is 396 g/mol. The Kier molecular flexibility index (Phi) is 25.0. The number of aliphatic carboxylic acids is 1. The lowest BCUT2D eigenvalue weighted by Gasteiger charge is -2.14. The summed E-state index contributed by atoms with van der Waals surface area (Å²) in [5, 5.41) is 9.16. The second-order valence-electron chi connectivity index (χ2n) is 8.17. The van der Waals surface area contributed by atoms with Crippen LogP contribution in [-0.2, 0) is 23.7 Å². The predicted octanol–water partition coefficient (Wildman–Crippen LogP) is 6.35. The van der Waals surface area contributed by atoms with Gasteiger partial charge in [0.05, 0.1) is 33.0 Å². The molecule has 0 aliphatic heterocycles. The van der Waals surface area contributed by atoms with E-state index < -0.39 is 12.3 Å². The van der Waals surface area contributed by atoms with Crippen molar-refractivity contribution in [3.63, 3.8) is 0 Å². The van der Waals surface area contributed by atoms with Gasteiger partial charge in [0, 0.05) is 6.61 Å². The Morgan fingerprint density at radius 2 is 1.00 bits per heavy atom. The molecule has 0 aromatic heterocycles. The van der Waals surface area contributed by atoms with Crippen LogP contribution in [0.25, 0.3) is 0 Å². The number of carboxylic acids is 1. The highest BCUT2D eigenvalue weighted by Gasteiger charge is 2.18. The van der Waals surface area contributed by atoms with Crippen molar-refractivity contribution in [2.45, 2.75) is 116 Å². The van der Waals surface area contributed by atoms with Crippen molar-refractivity contribution in [3.8, 4) is 0 Å². The molecule has 0 radical (unpaired) electrons. The summed E-state index contributed by atoms with van der Waals surface area (Å²) in [4.78, 5) is 11.2. The first kappa shape index (κ1) is 30.3. The molecule has 6 heteroatoms. The first-order valence-corrected chi connectivity index (χ1v) is 12.8. The third kappa shape index (κ3) is 23.8. The zero-order valence-electron chi connectivity index (χ0n) is 20.4. The van der Waals surface area contributed by atoms with Crippen molar-refractivity contribution in [1.29, 1.82) is 0 Å². The summed E-state index contributed by atoms with van der Waals surface area (Å²) >= 11 is 0. The van der Waals surface area contributed by atoms with Crippen LogP contribution in [0.4, 0.5) is 0 Å². The van der Waals surface area contributed by atoms with Crippen molar-refractivity contribution in [2.75, 3.05) is 39.6 Å². The summed E-state index contributed by atoms with van der Waals surface area (Å²) in [6.07, 6.45) is 18.4. The van der Waals surface area contributed by atoms with E-state index in [0.29, 0.717) is 33.0 Å². The maximum absolute atomic E-state index is 11.2.